The summed E-state index contributed by atoms with van der Waals surface area (Å²) < 4.78 is 28.7. The predicted octanol–water partition coefficient (Wildman–Crippen LogP) is 2.72. The summed E-state index contributed by atoms with van der Waals surface area (Å²) in [6.07, 6.45) is -1.75. The molecule has 0 saturated carbocycles. The number of carbonyl (C=O) groups is 1. The molecule has 7 heteroatoms. The van der Waals surface area contributed by atoms with E-state index in [-0.39, 0.29) is 63.8 Å². The van der Waals surface area contributed by atoms with Crippen LogP contribution in [0.25, 0.3) is 0 Å². The minimum Gasteiger partial charge on any atom is -0.529 e. The van der Waals surface area contributed by atoms with Crippen molar-refractivity contribution in [3.05, 3.63) is 58.7 Å². The standard InChI is InChI=1S/C25H35NO4S.Na/c1-15(2)19-11-9-12-20(16(3)4)23(19)26(25(27)28)31(29,30)24-21(17(5)6)13-10-14-22(24)18(7)8;/h9-18H,1-8H3,(H,27,28);/q;+1/p-1. The third-order valence-electron chi connectivity index (χ3n) is 5.53. The van der Waals surface area contributed by atoms with E-state index in [2.05, 4.69) is 0 Å². The van der Waals surface area contributed by atoms with Crippen LogP contribution in [0, 0.1) is 0 Å². The van der Waals surface area contributed by atoms with Crippen molar-refractivity contribution in [1.29, 1.82) is 0 Å². The fraction of sp³-hybridized carbons (Fsp3) is 0.480. The molecule has 0 aromatic heterocycles. The first-order valence-corrected chi connectivity index (χ1v) is 12.3. The topological polar surface area (TPSA) is 77.5 Å². The SMILES string of the molecule is CC(C)c1cccc(C(C)C)c1N(C(=O)[O-])S(=O)(=O)c1c(C(C)C)cccc1C(C)C.[Na+]. The van der Waals surface area contributed by atoms with Crippen molar-refractivity contribution in [2.45, 2.75) is 84.0 Å². The molecule has 0 fully saturated rings. The second kappa shape index (κ2) is 11.2. The Kier molecular flexibility index (Phi) is 10.0. The van der Waals surface area contributed by atoms with Crippen LogP contribution in [0.5, 0.6) is 0 Å². The van der Waals surface area contributed by atoms with Gasteiger partial charge in [-0.1, -0.05) is 91.8 Å². The zero-order valence-corrected chi connectivity index (χ0v) is 23.6. The Balaban J connectivity index is 0.00000512. The fourth-order valence-electron chi connectivity index (χ4n) is 3.93. The number of para-hydroxylation sites is 1. The average Bonchev–Trinajstić information content (AvgIpc) is 2.66. The van der Waals surface area contributed by atoms with Gasteiger partial charge in [0.15, 0.2) is 6.09 Å². The summed E-state index contributed by atoms with van der Waals surface area (Å²) >= 11 is 0. The molecule has 32 heavy (non-hydrogen) atoms. The van der Waals surface area contributed by atoms with Crippen molar-refractivity contribution in [2.75, 3.05) is 4.31 Å². The molecule has 5 nitrogen and oxygen atoms in total. The third kappa shape index (κ3) is 5.58. The van der Waals surface area contributed by atoms with E-state index in [0.717, 1.165) is 0 Å². The Hall–Kier alpha value is -1.34. The zero-order valence-electron chi connectivity index (χ0n) is 20.8. The number of amides is 1. The molecule has 0 unspecified atom stereocenters. The van der Waals surface area contributed by atoms with Crippen LogP contribution in [0.2, 0.25) is 0 Å². The maximum atomic E-state index is 14.1. The molecular formula is C25H34NNaO4S. The molecule has 170 valence electrons. The van der Waals surface area contributed by atoms with Crippen molar-refractivity contribution in [3.8, 4) is 0 Å². The van der Waals surface area contributed by atoms with Crippen LogP contribution in [-0.4, -0.2) is 14.5 Å². The van der Waals surface area contributed by atoms with E-state index in [1.54, 1.807) is 24.3 Å². The van der Waals surface area contributed by atoms with Gasteiger partial charge in [0.25, 0.3) is 10.0 Å². The molecule has 2 rings (SSSR count). The molecule has 2 aromatic rings. The van der Waals surface area contributed by atoms with Crippen molar-refractivity contribution in [2.24, 2.45) is 0 Å². The van der Waals surface area contributed by atoms with Crippen molar-refractivity contribution in [3.63, 3.8) is 0 Å². The molecule has 2 aromatic carbocycles. The number of sulfonamides is 1. The summed E-state index contributed by atoms with van der Waals surface area (Å²) in [5.74, 6) is -0.347. The molecule has 1 amide bonds. The fourth-order valence-corrected chi connectivity index (χ4v) is 5.96. The number of rotatable bonds is 7. The zero-order chi connectivity index (χ0) is 23.7. The number of carbonyl (C=O) groups excluding carboxylic acids is 1. The number of benzene rings is 2. The van der Waals surface area contributed by atoms with Gasteiger partial charge in [-0.25, -0.2) is 12.7 Å². The van der Waals surface area contributed by atoms with Crippen LogP contribution in [0.3, 0.4) is 0 Å². The van der Waals surface area contributed by atoms with Gasteiger partial charge in [-0.15, -0.1) is 0 Å². The third-order valence-corrected chi connectivity index (χ3v) is 7.33. The van der Waals surface area contributed by atoms with Gasteiger partial charge in [-0.3, -0.25) is 0 Å². The summed E-state index contributed by atoms with van der Waals surface area (Å²) in [5.41, 5.74) is 2.72. The summed E-state index contributed by atoms with van der Waals surface area (Å²) in [6, 6.07) is 10.8. The van der Waals surface area contributed by atoms with Crippen molar-refractivity contribution < 1.29 is 47.9 Å². The second-order valence-electron chi connectivity index (χ2n) is 9.20. The Bertz CT molecular complexity index is 1010. The van der Waals surface area contributed by atoms with Gasteiger partial charge in [-0.2, -0.15) is 0 Å². The molecule has 0 radical (unpaired) electrons. The van der Waals surface area contributed by atoms with Crippen LogP contribution in [0.15, 0.2) is 41.3 Å². The maximum absolute atomic E-state index is 14.1. The quantitative estimate of drug-likeness (QED) is 0.587. The van der Waals surface area contributed by atoms with Crippen LogP contribution < -0.4 is 39.0 Å². The van der Waals surface area contributed by atoms with Crippen LogP contribution in [0.4, 0.5) is 10.5 Å². The van der Waals surface area contributed by atoms with E-state index in [4.69, 9.17) is 0 Å². The molecule has 0 aliphatic heterocycles. The molecule has 0 atom stereocenters. The maximum Gasteiger partial charge on any atom is 1.00 e. The average molecular weight is 468 g/mol. The number of hydrogen-bond acceptors (Lipinski definition) is 4. The molecule has 0 aliphatic rings. The molecular weight excluding hydrogens is 433 g/mol. The van der Waals surface area contributed by atoms with Gasteiger partial charge in [0, 0.05) is 0 Å². The minimum atomic E-state index is -4.45. The van der Waals surface area contributed by atoms with E-state index >= 15 is 0 Å². The smallest absolute Gasteiger partial charge is 0.529 e. The molecule has 0 spiro atoms. The Morgan fingerprint density at radius 3 is 1.31 bits per heavy atom. The van der Waals surface area contributed by atoms with E-state index in [9.17, 15) is 18.3 Å². The summed E-state index contributed by atoms with van der Waals surface area (Å²) in [5, 5.41) is 12.5. The van der Waals surface area contributed by atoms with Crippen LogP contribution >= 0.6 is 0 Å². The van der Waals surface area contributed by atoms with E-state index in [0.29, 0.717) is 26.6 Å². The van der Waals surface area contributed by atoms with Crippen molar-refractivity contribution in [1.82, 2.24) is 0 Å². The Morgan fingerprint density at radius 2 is 1.03 bits per heavy atom. The summed E-state index contributed by atoms with van der Waals surface area (Å²) in [7, 11) is -4.45. The first kappa shape index (κ1) is 28.7. The number of anilines is 1. The molecule has 0 bridgehead atoms. The van der Waals surface area contributed by atoms with Gasteiger partial charge in [0.1, 0.15) is 0 Å². The van der Waals surface area contributed by atoms with Crippen LogP contribution in [-0.2, 0) is 10.0 Å². The van der Waals surface area contributed by atoms with Gasteiger partial charge < -0.3 is 9.90 Å². The van der Waals surface area contributed by atoms with Crippen molar-refractivity contribution >= 4 is 21.8 Å². The van der Waals surface area contributed by atoms with E-state index < -0.39 is 16.1 Å². The van der Waals surface area contributed by atoms with Crippen LogP contribution in [0.1, 0.15) is 101 Å². The Labute approximate surface area is 215 Å². The largest absolute Gasteiger partial charge is 1.00 e. The minimum absolute atomic E-state index is 0. The molecule has 0 N–H and O–H groups in total. The second-order valence-corrected chi connectivity index (χ2v) is 10.9. The van der Waals surface area contributed by atoms with Gasteiger partial charge >= 0.3 is 29.6 Å². The number of nitrogens with zero attached hydrogens (tertiary/aromatic N) is 1. The first-order chi connectivity index (χ1) is 14.3. The Morgan fingerprint density at radius 1 is 0.719 bits per heavy atom. The molecule has 0 aliphatic carbocycles. The molecule has 0 saturated heterocycles. The summed E-state index contributed by atoms with van der Waals surface area (Å²) in [6.45, 7) is 15.3. The number of carboxylic acid groups (broad SMARTS) is 1. The van der Waals surface area contributed by atoms with E-state index in [1.807, 2.05) is 67.5 Å². The van der Waals surface area contributed by atoms with Gasteiger partial charge in [0.05, 0.1) is 10.6 Å². The summed E-state index contributed by atoms with van der Waals surface area (Å²) in [4.78, 5) is 12.5. The normalized spacial score (nSPS) is 11.9. The molecule has 0 heterocycles. The first-order valence-electron chi connectivity index (χ1n) is 10.8. The van der Waals surface area contributed by atoms with Gasteiger partial charge in [0.2, 0.25) is 0 Å². The predicted molar refractivity (Wildman–Crippen MR) is 124 cm³/mol. The van der Waals surface area contributed by atoms with Gasteiger partial charge in [-0.05, 0) is 45.9 Å². The number of hydrogen-bond donors (Lipinski definition) is 0. The van der Waals surface area contributed by atoms with E-state index in [1.165, 1.54) is 0 Å². The monoisotopic (exact) mass is 467 g/mol.